The van der Waals surface area contributed by atoms with Crippen molar-refractivity contribution >= 4 is 23.5 Å². The van der Waals surface area contributed by atoms with Gasteiger partial charge in [-0.2, -0.15) is 11.8 Å². The number of aryl methyl sites for hydroxylation is 1. The van der Waals surface area contributed by atoms with Crippen LogP contribution in [0.4, 0.5) is 5.82 Å². The highest BCUT2D eigenvalue weighted by atomic mass is 32.2. The summed E-state index contributed by atoms with van der Waals surface area (Å²) < 4.78 is 7.19. The lowest BCUT2D eigenvalue weighted by Gasteiger charge is -2.24. The summed E-state index contributed by atoms with van der Waals surface area (Å²) in [5, 5.41) is 0. The van der Waals surface area contributed by atoms with E-state index in [-0.39, 0.29) is 10.4 Å². The molecule has 2 rings (SSSR count). The van der Waals surface area contributed by atoms with E-state index < -0.39 is 5.97 Å². The number of nitrogen functional groups attached to an aromatic ring is 1. The van der Waals surface area contributed by atoms with Gasteiger partial charge in [0.25, 0.3) is 0 Å². The molecule has 0 bridgehead atoms. The number of carbonyl (C=O) groups excluding carboxylic acids is 1. The van der Waals surface area contributed by atoms with E-state index in [9.17, 15) is 4.79 Å². The van der Waals surface area contributed by atoms with Gasteiger partial charge in [-0.1, -0.05) is 6.92 Å². The van der Waals surface area contributed by atoms with Gasteiger partial charge in [-0.05, 0) is 32.4 Å². The van der Waals surface area contributed by atoms with Gasteiger partial charge in [-0.25, -0.2) is 9.78 Å². The average molecular weight is 297 g/mol. The number of nitrogens with zero attached hydrogens (tertiary/aromatic N) is 2. The predicted octanol–water partition coefficient (Wildman–Crippen LogP) is 2.49. The molecule has 20 heavy (non-hydrogen) atoms. The van der Waals surface area contributed by atoms with E-state index in [1.54, 1.807) is 6.92 Å². The molecule has 5 nitrogen and oxygen atoms in total. The van der Waals surface area contributed by atoms with Crippen molar-refractivity contribution in [3.05, 3.63) is 11.5 Å². The van der Waals surface area contributed by atoms with E-state index in [4.69, 9.17) is 10.5 Å². The summed E-state index contributed by atoms with van der Waals surface area (Å²) in [7, 11) is 0. The van der Waals surface area contributed by atoms with Crippen molar-refractivity contribution in [2.24, 2.45) is 0 Å². The quantitative estimate of drug-likeness (QED) is 0.846. The van der Waals surface area contributed by atoms with Crippen LogP contribution in [-0.2, 0) is 17.7 Å². The summed E-state index contributed by atoms with van der Waals surface area (Å²) in [4.78, 5) is 16.3. The zero-order valence-corrected chi connectivity index (χ0v) is 13.3. The molecule has 1 aromatic heterocycles. The lowest BCUT2D eigenvalue weighted by Crippen LogP contribution is -2.26. The third-order valence-corrected chi connectivity index (χ3v) is 5.19. The Bertz CT molecular complexity index is 493. The number of ether oxygens (including phenoxy) is 1. The number of hydrogen-bond donors (Lipinski definition) is 1. The highest BCUT2D eigenvalue weighted by Gasteiger charge is 2.32. The van der Waals surface area contributed by atoms with E-state index in [1.165, 1.54) is 18.6 Å². The van der Waals surface area contributed by atoms with Crippen LogP contribution in [0.5, 0.6) is 0 Å². The maximum atomic E-state index is 11.9. The lowest BCUT2D eigenvalue weighted by atomic mass is 10.1. The van der Waals surface area contributed by atoms with Crippen LogP contribution in [0.3, 0.4) is 0 Å². The number of nitrogens with two attached hydrogens (primary N) is 1. The Hall–Kier alpha value is -1.17. The highest BCUT2D eigenvalue weighted by molar-refractivity contribution is 8.00. The van der Waals surface area contributed by atoms with E-state index in [0.717, 1.165) is 18.8 Å². The predicted molar refractivity (Wildman–Crippen MR) is 82.1 cm³/mol. The second-order valence-electron chi connectivity index (χ2n) is 5.32. The van der Waals surface area contributed by atoms with E-state index in [1.807, 2.05) is 23.3 Å². The van der Waals surface area contributed by atoms with Gasteiger partial charge < -0.3 is 15.0 Å². The van der Waals surface area contributed by atoms with Crippen molar-refractivity contribution < 1.29 is 9.53 Å². The third kappa shape index (κ3) is 2.95. The van der Waals surface area contributed by atoms with Crippen molar-refractivity contribution in [1.82, 2.24) is 9.55 Å². The molecule has 0 saturated carbocycles. The first-order valence-corrected chi connectivity index (χ1v) is 8.15. The fourth-order valence-electron chi connectivity index (χ4n) is 2.61. The minimum atomic E-state index is -0.428. The molecule has 0 aliphatic carbocycles. The van der Waals surface area contributed by atoms with Gasteiger partial charge in [0.15, 0.2) is 5.69 Å². The number of esters is 1. The zero-order chi connectivity index (χ0) is 14.8. The Morgan fingerprint density at radius 1 is 1.55 bits per heavy atom. The normalized spacial score (nSPS) is 22.1. The standard InChI is InChI=1S/C14H23N3O2S/c1-4-10-16-11(13(18)19-5-2)12(15)17(10)9-14(3)7-6-8-20-14/h4-9,15H2,1-3H3. The molecule has 0 aromatic carbocycles. The summed E-state index contributed by atoms with van der Waals surface area (Å²) in [5.74, 6) is 2.06. The van der Waals surface area contributed by atoms with Crippen LogP contribution in [-0.4, -0.2) is 32.6 Å². The number of anilines is 1. The molecule has 0 amide bonds. The van der Waals surface area contributed by atoms with Crippen LogP contribution in [0.1, 0.15) is 49.9 Å². The van der Waals surface area contributed by atoms with Gasteiger partial charge in [0.1, 0.15) is 11.6 Å². The smallest absolute Gasteiger partial charge is 0.360 e. The molecule has 1 aliphatic rings. The Kier molecular flexibility index (Phi) is 4.62. The number of rotatable bonds is 5. The number of aromatic nitrogens is 2. The first-order valence-electron chi connectivity index (χ1n) is 7.16. The molecule has 1 aromatic rings. The van der Waals surface area contributed by atoms with Crippen LogP contribution in [0, 0.1) is 0 Å². The summed E-state index contributed by atoms with van der Waals surface area (Å²) in [5.41, 5.74) is 6.40. The van der Waals surface area contributed by atoms with Crippen molar-refractivity contribution in [2.75, 3.05) is 18.1 Å². The molecule has 0 radical (unpaired) electrons. The van der Waals surface area contributed by atoms with E-state index in [0.29, 0.717) is 12.4 Å². The molecule has 1 aliphatic heterocycles. The van der Waals surface area contributed by atoms with Crippen molar-refractivity contribution in [3.63, 3.8) is 0 Å². The van der Waals surface area contributed by atoms with Gasteiger partial charge in [0.05, 0.1) is 6.61 Å². The molecule has 1 fully saturated rings. The van der Waals surface area contributed by atoms with E-state index >= 15 is 0 Å². The summed E-state index contributed by atoms with van der Waals surface area (Å²) in [6.07, 6.45) is 3.17. The number of carbonyl (C=O) groups is 1. The SMILES string of the molecule is CCOC(=O)c1nc(CC)n(CC2(C)CCCS2)c1N. The maximum Gasteiger partial charge on any atom is 0.360 e. The van der Waals surface area contributed by atoms with Gasteiger partial charge >= 0.3 is 5.97 Å². The Balaban J connectivity index is 2.29. The fourth-order valence-corrected chi connectivity index (χ4v) is 3.90. The molecular weight excluding hydrogens is 274 g/mol. The second-order valence-corrected chi connectivity index (χ2v) is 7.01. The van der Waals surface area contributed by atoms with Gasteiger partial charge in [-0.15, -0.1) is 0 Å². The monoisotopic (exact) mass is 297 g/mol. The molecule has 112 valence electrons. The molecule has 1 saturated heterocycles. The fraction of sp³-hybridized carbons (Fsp3) is 0.714. The van der Waals surface area contributed by atoms with Crippen LogP contribution < -0.4 is 5.73 Å². The Morgan fingerprint density at radius 2 is 2.30 bits per heavy atom. The zero-order valence-electron chi connectivity index (χ0n) is 12.4. The molecule has 1 unspecified atom stereocenters. The average Bonchev–Trinajstić information content (AvgIpc) is 2.96. The van der Waals surface area contributed by atoms with Crippen LogP contribution in [0.2, 0.25) is 0 Å². The van der Waals surface area contributed by atoms with Crippen molar-refractivity contribution in [1.29, 1.82) is 0 Å². The summed E-state index contributed by atoms with van der Waals surface area (Å²) >= 11 is 1.97. The number of imidazole rings is 1. The van der Waals surface area contributed by atoms with Gasteiger partial charge in [-0.3, -0.25) is 0 Å². The number of thioether (sulfide) groups is 1. The minimum absolute atomic E-state index is 0.185. The van der Waals surface area contributed by atoms with Gasteiger partial charge in [0.2, 0.25) is 0 Å². The van der Waals surface area contributed by atoms with Crippen LogP contribution in [0.15, 0.2) is 0 Å². The summed E-state index contributed by atoms with van der Waals surface area (Å²) in [6, 6.07) is 0. The minimum Gasteiger partial charge on any atom is -0.461 e. The molecule has 0 spiro atoms. The summed E-state index contributed by atoms with van der Waals surface area (Å²) in [6.45, 7) is 7.20. The van der Waals surface area contributed by atoms with Crippen LogP contribution in [0.25, 0.3) is 0 Å². The van der Waals surface area contributed by atoms with Crippen molar-refractivity contribution in [2.45, 2.75) is 51.3 Å². The lowest BCUT2D eigenvalue weighted by molar-refractivity contribution is 0.0521. The largest absolute Gasteiger partial charge is 0.461 e. The second kappa shape index (κ2) is 6.08. The number of hydrogen-bond acceptors (Lipinski definition) is 5. The van der Waals surface area contributed by atoms with Gasteiger partial charge in [0, 0.05) is 17.7 Å². The molecule has 2 N–H and O–H groups in total. The Morgan fingerprint density at radius 3 is 2.85 bits per heavy atom. The Labute approximate surface area is 124 Å². The highest BCUT2D eigenvalue weighted by Crippen LogP contribution is 2.40. The van der Waals surface area contributed by atoms with E-state index in [2.05, 4.69) is 11.9 Å². The maximum absolute atomic E-state index is 11.9. The molecule has 1 atom stereocenters. The third-order valence-electron chi connectivity index (χ3n) is 3.66. The topological polar surface area (TPSA) is 70.1 Å². The first kappa shape index (κ1) is 15.2. The first-order chi connectivity index (χ1) is 9.50. The van der Waals surface area contributed by atoms with Crippen molar-refractivity contribution in [3.8, 4) is 0 Å². The molecular formula is C14H23N3O2S. The molecule has 6 heteroatoms. The van der Waals surface area contributed by atoms with Crippen LogP contribution >= 0.6 is 11.8 Å². The molecule has 2 heterocycles.